The highest BCUT2D eigenvalue weighted by Gasteiger charge is 2.29. The highest BCUT2D eigenvalue weighted by atomic mass is 35.5. The maximum Gasteiger partial charge on any atom is 0.243 e. The third-order valence-corrected chi connectivity index (χ3v) is 5.08. The Balaban J connectivity index is 0.00000192. The number of aromatic nitrogens is 2. The van der Waals surface area contributed by atoms with Crippen LogP contribution in [-0.2, 0) is 10.0 Å². The number of rotatable bonds is 6. The van der Waals surface area contributed by atoms with Gasteiger partial charge in [-0.15, -0.1) is 12.4 Å². The van der Waals surface area contributed by atoms with Crippen molar-refractivity contribution in [2.45, 2.75) is 23.8 Å². The van der Waals surface area contributed by atoms with Crippen molar-refractivity contribution in [2.24, 2.45) is 11.7 Å². The van der Waals surface area contributed by atoms with Gasteiger partial charge >= 0.3 is 0 Å². The molecule has 0 bridgehead atoms. The smallest absolute Gasteiger partial charge is 0.243 e. The lowest BCUT2D eigenvalue weighted by Crippen LogP contribution is -2.38. The van der Waals surface area contributed by atoms with E-state index in [2.05, 4.69) is 9.82 Å². The fourth-order valence-corrected chi connectivity index (χ4v) is 3.20. The summed E-state index contributed by atoms with van der Waals surface area (Å²) in [7, 11) is -3.70. The lowest BCUT2D eigenvalue weighted by atomic mass is 10.2. The van der Waals surface area contributed by atoms with E-state index in [-0.39, 0.29) is 35.6 Å². The standard InChI is InChI=1S/C14H17FN4O2S.ClH/c15-12-3-1-2-4-14(12)19-9-11(7-17-19)22(20,21)18-8-13(16)10-5-6-10;/h1-4,7,9-10,13,18H,5-6,8,16H2;1H. The number of nitrogens with two attached hydrogens (primary N) is 1. The fourth-order valence-electron chi connectivity index (χ4n) is 2.19. The molecular formula is C14H18ClFN4O2S. The predicted octanol–water partition coefficient (Wildman–Crippen LogP) is 1.45. The molecule has 1 aromatic carbocycles. The third kappa shape index (κ3) is 4.08. The van der Waals surface area contributed by atoms with Gasteiger partial charge in [0.1, 0.15) is 16.4 Å². The molecule has 1 fully saturated rings. The molecule has 6 nitrogen and oxygen atoms in total. The first-order chi connectivity index (χ1) is 10.5. The van der Waals surface area contributed by atoms with Crippen molar-refractivity contribution in [1.29, 1.82) is 0 Å². The van der Waals surface area contributed by atoms with Crippen LogP contribution in [0, 0.1) is 11.7 Å². The quantitative estimate of drug-likeness (QED) is 0.815. The average molecular weight is 361 g/mol. The topological polar surface area (TPSA) is 90.0 Å². The molecule has 1 aliphatic rings. The number of hydrogen-bond donors (Lipinski definition) is 2. The number of nitrogens with zero attached hydrogens (tertiary/aromatic N) is 2. The molecule has 3 N–H and O–H groups in total. The summed E-state index contributed by atoms with van der Waals surface area (Å²) in [6.45, 7) is 0.192. The van der Waals surface area contributed by atoms with Crippen molar-refractivity contribution < 1.29 is 12.8 Å². The van der Waals surface area contributed by atoms with E-state index in [9.17, 15) is 12.8 Å². The molecule has 0 amide bonds. The summed E-state index contributed by atoms with van der Waals surface area (Å²) < 4.78 is 41.8. The van der Waals surface area contributed by atoms with Crippen LogP contribution in [0.3, 0.4) is 0 Å². The van der Waals surface area contributed by atoms with Crippen molar-refractivity contribution in [3.8, 4) is 5.69 Å². The van der Waals surface area contributed by atoms with Gasteiger partial charge in [-0.05, 0) is 30.9 Å². The maximum atomic E-state index is 13.7. The summed E-state index contributed by atoms with van der Waals surface area (Å²) in [6.07, 6.45) is 4.57. The van der Waals surface area contributed by atoms with E-state index in [4.69, 9.17) is 5.73 Å². The summed E-state index contributed by atoms with van der Waals surface area (Å²) in [6, 6.07) is 5.85. The molecule has 2 aromatic rings. The molecule has 0 aliphatic heterocycles. The van der Waals surface area contributed by atoms with E-state index in [0.29, 0.717) is 5.92 Å². The minimum atomic E-state index is -3.70. The van der Waals surface area contributed by atoms with Crippen LogP contribution in [0.1, 0.15) is 12.8 Å². The zero-order valence-electron chi connectivity index (χ0n) is 12.2. The Morgan fingerprint density at radius 2 is 2.09 bits per heavy atom. The monoisotopic (exact) mass is 360 g/mol. The van der Waals surface area contributed by atoms with Gasteiger partial charge in [-0.3, -0.25) is 0 Å². The van der Waals surface area contributed by atoms with E-state index in [1.165, 1.54) is 29.2 Å². The number of para-hydroxylation sites is 1. The second-order valence-electron chi connectivity index (χ2n) is 5.43. The van der Waals surface area contributed by atoms with Gasteiger partial charge < -0.3 is 5.73 Å². The van der Waals surface area contributed by atoms with E-state index in [0.717, 1.165) is 12.8 Å². The Labute approximate surface area is 140 Å². The minimum absolute atomic E-state index is 0. The summed E-state index contributed by atoms with van der Waals surface area (Å²) in [5, 5.41) is 3.91. The van der Waals surface area contributed by atoms with Crippen molar-refractivity contribution >= 4 is 22.4 Å². The van der Waals surface area contributed by atoms with Crippen LogP contribution in [0.5, 0.6) is 0 Å². The normalized spacial score (nSPS) is 15.9. The fraction of sp³-hybridized carbons (Fsp3) is 0.357. The van der Waals surface area contributed by atoms with Crippen LogP contribution >= 0.6 is 12.4 Å². The largest absolute Gasteiger partial charge is 0.326 e. The average Bonchev–Trinajstić information content (AvgIpc) is 3.22. The number of halogens is 2. The molecule has 1 aliphatic carbocycles. The van der Waals surface area contributed by atoms with Crippen LogP contribution < -0.4 is 10.5 Å². The van der Waals surface area contributed by atoms with Gasteiger partial charge in [-0.2, -0.15) is 5.10 Å². The Kier molecular flexibility index (Phi) is 5.41. The zero-order valence-corrected chi connectivity index (χ0v) is 13.9. The van der Waals surface area contributed by atoms with Gasteiger partial charge in [0.25, 0.3) is 0 Å². The molecule has 126 valence electrons. The van der Waals surface area contributed by atoms with E-state index >= 15 is 0 Å². The van der Waals surface area contributed by atoms with Gasteiger partial charge in [-0.1, -0.05) is 12.1 Å². The number of nitrogens with one attached hydrogen (secondary N) is 1. The lowest BCUT2D eigenvalue weighted by Gasteiger charge is -2.10. The van der Waals surface area contributed by atoms with Gasteiger partial charge in [0.15, 0.2) is 0 Å². The van der Waals surface area contributed by atoms with Crippen molar-refractivity contribution in [1.82, 2.24) is 14.5 Å². The number of sulfonamides is 1. The van der Waals surface area contributed by atoms with Crippen LogP contribution in [0.15, 0.2) is 41.6 Å². The summed E-state index contributed by atoms with van der Waals surface area (Å²) in [4.78, 5) is -0.0150. The Morgan fingerprint density at radius 1 is 1.39 bits per heavy atom. The molecule has 23 heavy (non-hydrogen) atoms. The van der Waals surface area contributed by atoms with Crippen LogP contribution in [0.2, 0.25) is 0 Å². The Bertz CT molecular complexity index is 777. The molecule has 1 saturated carbocycles. The van der Waals surface area contributed by atoms with Crippen LogP contribution in [0.4, 0.5) is 4.39 Å². The molecule has 0 spiro atoms. The van der Waals surface area contributed by atoms with Crippen molar-refractivity contribution in [3.63, 3.8) is 0 Å². The molecule has 1 unspecified atom stereocenters. The molecule has 9 heteroatoms. The highest BCUT2D eigenvalue weighted by Crippen LogP contribution is 2.31. The minimum Gasteiger partial charge on any atom is -0.326 e. The van der Waals surface area contributed by atoms with Gasteiger partial charge in [-0.25, -0.2) is 22.2 Å². The second kappa shape index (κ2) is 6.96. The zero-order chi connectivity index (χ0) is 15.7. The van der Waals surface area contributed by atoms with Gasteiger partial charge in [0, 0.05) is 12.6 Å². The van der Waals surface area contributed by atoms with Crippen LogP contribution in [0.25, 0.3) is 5.69 Å². The molecule has 0 saturated heterocycles. The van der Waals surface area contributed by atoms with E-state index in [1.54, 1.807) is 12.1 Å². The first-order valence-electron chi connectivity index (χ1n) is 7.02. The number of benzene rings is 1. The van der Waals surface area contributed by atoms with E-state index < -0.39 is 15.8 Å². The summed E-state index contributed by atoms with van der Waals surface area (Å²) in [5.74, 6) is -0.0675. The Morgan fingerprint density at radius 3 is 2.74 bits per heavy atom. The first-order valence-corrected chi connectivity index (χ1v) is 8.50. The lowest BCUT2D eigenvalue weighted by molar-refractivity contribution is 0.547. The third-order valence-electron chi connectivity index (χ3n) is 3.71. The summed E-state index contributed by atoms with van der Waals surface area (Å²) in [5.41, 5.74) is 6.08. The molecular weight excluding hydrogens is 343 g/mol. The molecule has 3 rings (SSSR count). The van der Waals surface area contributed by atoms with Gasteiger partial charge in [0.2, 0.25) is 10.0 Å². The van der Waals surface area contributed by atoms with Crippen molar-refractivity contribution in [3.05, 3.63) is 42.5 Å². The Hall–Kier alpha value is -1.48. The molecule has 1 atom stereocenters. The van der Waals surface area contributed by atoms with E-state index in [1.807, 2.05) is 0 Å². The first kappa shape index (κ1) is 17.9. The van der Waals surface area contributed by atoms with Crippen LogP contribution in [-0.4, -0.2) is 30.8 Å². The molecule has 1 aromatic heterocycles. The molecule has 1 heterocycles. The second-order valence-corrected chi connectivity index (χ2v) is 7.19. The SMILES string of the molecule is Cl.NC(CNS(=O)(=O)c1cnn(-c2ccccc2F)c1)C1CC1. The summed E-state index contributed by atoms with van der Waals surface area (Å²) >= 11 is 0. The predicted molar refractivity (Wildman–Crippen MR) is 86.7 cm³/mol. The maximum absolute atomic E-state index is 13.7. The highest BCUT2D eigenvalue weighted by molar-refractivity contribution is 7.89. The van der Waals surface area contributed by atoms with Gasteiger partial charge in [0.05, 0.1) is 12.4 Å². The van der Waals surface area contributed by atoms with Crippen molar-refractivity contribution in [2.75, 3.05) is 6.54 Å². The molecule has 0 radical (unpaired) electrons. The number of hydrogen-bond acceptors (Lipinski definition) is 4.